The van der Waals surface area contributed by atoms with Crippen LogP contribution in [0.2, 0.25) is 0 Å². The van der Waals surface area contributed by atoms with Crippen molar-refractivity contribution in [3.8, 4) is 0 Å². The maximum Gasteiger partial charge on any atom is 0.499 e. The number of halogens is 8. The van der Waals surface area contributed by atoms with Gasteiger partial charge in [0, 0.05) is 6.26 Å². The van der Waals surface area contributed by atoms with Gasteiger partial charge in [-0.2, -0.15) is 13.2 Å². The van der Waals surface area contributed by atoms with Crippen LogP contribution >= 0.6 is 0 Å². The SMILES string of the molecule is CS(=O)(=O)C(c1c(F)c(F)c(F)c(F)c1F)S(=O)(=O)C(F)(F)F. The normalized spacial score (nSPS) is 14.8. The smallest absolute Gasteiger partial charge is 0.227 e. The summed E-state index contributed by atoms with van der Waals surface area (Å²) in [7, 11) is -12.4. The van der Waals surface area contributed by atoms with Crippen LogP contribution in [0, 0.1) is 29.1 Å². The van der Waals surface area contributed by atoms with E-state index in [1.165, 1.54) is 0 Å². The van der Waals surface area contributed by atoms with E-state index in [0.717, 1.165) is 0 Å². The van der Waals surface area contributed by atoms with E-state index in [1.807, 2.05) is 0 Å². The first-order valence-corrected chi connectivity index (χ1v) is 8.55. The van der Waals surface area contributed by atoms with Crippen LogP contribution in [0.4, 0.5) is 35.1 Å². The van der Waals surface area contributed by atoms with Crippen molar-refractivity contribution in [2.45, 2.75) is 10.1 Å². The first kappa shape index (κ1) is 19.6. The van der Waals surface area contributed by atoms with E-state index in [1.54, 1.807) is 0 Å². The molecule has 0 spiro atoms. The summed E-state index contributed by atoms with van der Waals surface area (Å²) in [6.07, 6.45) is -0.168. The number of alkyl halides is 3. The van der Waals surface area contributed by atoms with Crippen molar-refractivity contribution in [2.75, 3.05) is 6.26 Å². The lowest BCUT2D eigenvalue weighted by Gasteiger charge is -2.19. The Labute approximate surface area is 123 Å². The molecule has 1 aromatic rings. The number of rotatable bonds is 3. The minimum absolute atomic E-state index is 0.168. The van der Waals surface area contributed by atoms with Crippen LogP contribution < -0.4 is 0 Å². The number of benzene rings is 1. The maximum atomic E-state index is 13.5. The highest BCUT2D eigenvalue weighted by Gasteiger charge is 2.57. The van der Waals surface area contributed by atoms with Crippen molar-refractivity contribution in [3.63, 3.8) is 0 Å². The fourth-order valence-corrected chi connectivity index (χ4v) is 5.11. The van der Waals surface area contributed by atoms with Crippen molar-refractivity contribution >= 4 is 19.7 Å². The zero-order valence-electron chi connectivity index (χ0n) is 10.6. The number of hydrogen-bond acceptors (Lipinski definition) is 4. The Balaban J connectivity index is 4.04. The highest BCUT2D eigenvalue weighted by molar-refractivity contribution is 8.08. The standard InChI is InChI=1S/C9H4F8O4S2/c1-22(18,19)8(23(20,21)9(15,16)17)2-3(10)5(12)7(14)6(13)4(2)11/h8H,1H3. The van der Waals surface area contributed by atoms with Gasteiger partial charge in [-0.3, -0.25) is 0 Å². The molecule has 0 fully saturated rings. The van der Waals surface area contributed by atoms with Gasteiger partial charge in [-0.05, 0) is 0 Å². The van der Waals surface area contributed by atoms with Crippen LogP contribution in [-0.2, 0) is 19.7 Å². The van der Waals surface area contributed by atoms with Crippen LogP contribution in [-0.4, -0.2) is 28.6 Å². The van der Waals surface area contributed by atoms with Gasteiger partial charge in [-0.15, -0.1) is 0 Å². The van der Waals surface area contributed by atoms with E-state index in [4.69, 9.17) is 0 Å². The molecule has 4 nitrogen and oxygen atoms in total. The van der Waals surface area contributed by atoms with Gasteiger partial charge in [-0.1, -0.05) is 0 Å². The Morgan fingerprint density at radius 2 is 1.04 bits per heavy atom. The second-order valence-electron chi connectivity index (χ2n) is 4.14. The second kappa shape index (κ2) is 5.58. The molecule has 0 aliphatic rings. The van der Waals surface area contributed by atoms with Crippen LogP contribution in [0.15, 0.2) is 0 Å². The monoisotopic (exact) mass is 392 g/mol. The quantitative estimate of drug-likeness (QED) is 0.450. The Kier molecular flexibility index (Phi) is 4.75. The van der Waals surface area contributed by atoms with Crippen LogP contribution in [0.3, 0.4) is 0 Å². The molecular formula is C9H4F8O4S2. The highest BCUT2D eigenvalue weighted by atomic mass is 32.3. The Hall–Kier alpha value is -1.44. The third kappa shape index (κ3) is 3.13. The lowest BCUT2D eigenvalue weighted by atomic mass is 10.2. The van der Waals surface area contributed by atoms with Crippen LogP contribution in [0.1, 0.15) is 10.1 Å². The van der Waals surface area contributed by atoms with E-state index < -0.39 is 64.4 Å². The van der Waals surface area contributed by atoms with Crippen molar-refractivity contribution in [1.29, 1.82) is 0 Å². The number of hydrogen-bond donors (Lipinski definition) is 0. The zero-order chi connectivity index (χ0) is 18.5. The molecular weight excluding hydrogens is 388 g/mol. The van der Waals surface area contributed by atoms with E-state index in [9.17, 15) is 52.0 Å². The van der Waals surface area contributed by atoms with Gasteiger partial charge in [0.15, 0.2) is 33.1 Å². The highest BCUT2D eigenvalue weighted by Crippen LogP contribution is 2.41. The molecule has 14 heteroatoms. The van der Waals surface area contributed by atoms with Gasteiger partial charge in [0.1, 0.15) is 0 Å². The molecule has 0 N–H and O–H groups in total. The summed E-state index contributed by atoms with van der Waals surface area (Å²) < 4.78 is 144. The fraction of sp³-hybridized carbons (Fsp3) is 0.333. The molecule has 0 aliphatic carbocycles. The average Bonchev–Trinajstić information content (AvgIpc) is 2.36. The minimum Gasteiger partial charge on any atom is -0.227 e. The van der Waals surface area contributed by atoms with Gasteiger partial charge >= 0.3 is 5.51 Å². The third-order valence-electron chi connectivity index (χ3n) is 2.47. The molecule has 0 saturated heterocycles. The summed E-state index contributed by atoms with van der Waals surface area (Å²) in [5.41, 5.74) is -8.96. The molecule has 0 radical (unpaired) electrons. The third-order valence-corrected chi connectivity index (χ3v) is 6.74. The molecule has 23 heavy (non-hydrogen) atoms. The second-order valence-corrected chi connectivity index (χ2v) is 8.59. The van der Waals surface area contributed by atoms with Crippen molar-refractivity contribution in [2.24, 2.45) is 0 Å². The maximum absolute atomic E-state index is 13.5. The van der Waals surface area contributed by atoms with Gasteiger partial charge in [0.05, 0.1) is 5.56 Å². The van der Waals surface area contributed by atoms with Crippen LogP contribution in [0.25, 0.3) is 0 Å². The summed E-state index contributed by atoms with van der Waals surface area (Å²) in [4.78, 5) is 0. The molecule has 0 bridgehead atoms. The average molecular weight is 392 g/mol. The summed E-state index contributed by atoms with van der Waals surface area (Å²) in [6, 6.07) is 0. The topological polar surface area (TPSA) is 68.3 Å². The molecule has 132 valence electrons. The van der Waals surface area contributed by atoms with Gasteiger partial charge in [0.25, 0.3) is 9.84 Å². The first-order chi connectivity index (χ1) is 10.0. The molecule has 0 aromatic heterocycles. The molecule has 0 amide bonds. The van der Waals surface area contributed by atoms with Crippen LogP contribution in [0.5, 0.6) is 0 Å². The molecule has 1 unspecified atom stereocenters. The molecule has 0 saturated carbocycles. The molecule has 0 aliphatic heterocycles. The molecule has 1 atom stereocenters. The summed E-state index contributed by atoms with van der Waals surface area (Å²) >= 11 is 0. The Morgan fingerprint density at radius 3 is 1.30 bits per heavy atom. The van der Waals surface area contributed by atoms with Crippen molar-refractivity contribution in [3.05, 3.63) is 34.6 Å². The lowest BCUT2D eigenvalue weighted by Crippen LogP contribution is -2.35. The summed E-state index contributed by atoms with van der Waals surface area (Å²) in [5, 5.41) is 0. The molecule has 1 rings (SSSR count). The Morgan fingerprint density at radius 1 is 0.739 bits per heavy atom. The minimum atomic E-state index is -6.86. The van der Waals surface area contributed by atoms with E-state index in [0.29, 0.717) is 0 Å². The molecule has 0 heterocycles. The summed E-state index contributed by atoms with van der Waals surface area (Å²) in [6.45, 7) is 0. The van der Waals surface area contributed by atoms with E-state index >= 15 is 0 Å². The van der Waals surface area contributed by atoms with Gasteiger partial charge < -0.3 is 0 Å². The molecule has 1 aromatic carbocycles. The van der Waals surface area contributed by atoms with Crippen molar-refractivity contribution in [1.82, 2.24) is 0 Å². The first-order valence-electron chi connectivity index (χ1n) is 5.05. The fourth-order valence-electron chi connectivity index (χ4n) is 1.55. The van der Waals surface area contributed by atoms with Gasteiger partial charge in [0.2, 0.25) is 10.4 Å². The summed E-state index contributed by atoms with van der Waals surface area (Å²) in [5.74, 6) is -14.4. The number of sulfone groups is 2. The van der Waals surface area contributed by atoms with Crippen molar-refractivity contribution < 1.29 is 52.0 Å². The zero-order valence-corrected chi connectivity index (χ0v) is 12.2. The van der Waals surface area contributed by atoms with Gasteiger partial charge in [-0.25, -0.2) is 38.8 Å². The van der Waals surface area contributed by atoms with E-state index in [2.05, 4.69) is 0 Å². The Bertz CT molecular complexity index is 828. The van der Waals surface area contributed by atoms with E-state index in [-0.39, 0.29) is 6.26 Å². The predicted octanol–water partition coefficient (Wildman–Crippen LogP) is 2.36. The predicted molar refractivity (Wildman–Crippen MR) is 58.8 cm³/mol. The largest absolute Gasteiger partial charge is 0.499 e. The lowest BCUT2D eigenvalue weighted by molar-refractivity contribution is -0.0439.